The van der Waals surface area contributed by atoms with Gasteiger partial charge in [0.15, 0.2) is 0 Å². The molecule has 0 bridgehead atoms. The monoisotopic (exact) mass is 751 g/mol. The van der Waals surface area contributed by atoms with E-state index in [1.807, 2.05) is 6.07 Å². The minimum Gasteiger partial charge on any atom is -0.311 e. The summed E-state index contributed by atoms with van der Waals surface area (Å²) >= 11 is 0. The summed E-state index contributed by atoms with van der Waals surface area (Å²) in [6.45, 7) is 0. The number of imidazole rings is 1. The summed E-state index contributed by atoms with van der Waals surface area (Å²) in [7, 11) is 0. The lowest BCUT2D eigenvalue weighted by molar-refractivity contribution is 0.794. The highest BCUT2D eigenvalue weighted by Crippen LogP contribution is 2.63. The van der Waals surface area contributed by atoms with Crippen molar-refractivity contribution in [1.82, 2.24) is 9.55 Å². The third-order valence-electron chi connectivity index (χ3n) is 12.4. The molecule has 3 heteroatoms. The molecule has 276 valence electrons. The second-order valence-corrected chi connectivity index (χ2v) is 15.5. The van der Waals surface area contributed by atoms with Gasteiger partial charge in [0.25, 0.3) is 0 Å². The van der Waals surface area contributed by atoms with Gasteiger partial charge < -0.3 is 4.90 Å². The Labute approximate surface area is 343 Å². The van der Waals surface area contributed by atoms with Crippen molar-refractivity contribution < 1.29 is 0 Å². The van der Waals surface area contributed by atoms with Gasteiger partial charge in [-0.25, -0.2) is 4.98 Å². The number of fused-ring (bicyclic) bond motifs is 11. The molecule has 0 saturated heterocycles. The molecule has 0 amide bonds. The Kier molecular flexibility index (Phi) is 7.45. The van der Waals surface area contributed by atoms with Crippen LogP contribution in [-0.2, 0) is 5.41 Å². The molecule has 0 aliphatic heterocycles. The fourth-order valence-corrected chi connectivity index (χ4v) is 9.92. The Balaban J connectivity index is 0.941. The molecule has 2 aliphatic carbocycles. The van der Waals surface area contributed by atoms with Crippen LogP contribution in [0.3, 0.4) is 0 Å². The smallest absolute Gasteiger partial charge is 0.145 e. The molecule has 9 aromatic carbocycles. The summed E-state index contributed by atoms with van der Waals surface area (Å²) in [6, 6.07) is 81.4. The van der Waals surface area contributed by atoms with Crippen LogP contribution in [0.2, 0.25) is 0 Å². The Hall–Kier alpha value is -7.75. The van der Waals surface area contributed by atoms with Crippen molar-refractivity contribution >= 4 is 28.1 Å². The summed E-state index contributed by atoms with van der Waals surface area (Å²) in [6.07, 6.45) is 0. The molecular formula is C56H37N3. The van der Waals surface area contributed by atoms with Gasteiger partial charge in [0.05, 0.1) is 16.4 Å². The molecule has 1 heterocycles. The number of nitrogens with zero attached hydrogens (tertiary/aromatic N) is 3. The Morgan fingerprint density at radius 2 is 0.814 bits per heavy atom. The first kappa shape index (κ1) is 33.4. The summed E-state index contributed by atoms with van der Waals surface area (Å²) in [5.41, 5.74) is 20.2. The van der Waals surface area contributed by atoms with Gasteiger partial charge in [-0.3, -0.25) is 4.57 Å². The maximum absolute atomic E-state index is 5.12. The van der Waals surface area contributed by atoms with Crippen molar-refractivity contribution in [2.24, 2.45) is 0 Å². The lowest BCUT2D eigenvalue weighted by Gasteiger charge is -2.30. The van der Waals surface area contributed by atoms with Crippen molar-refractivity contribution in [3.05, 3.63) is 247 Å². The fraction of sp³-hybridized carbons (Fsp3) is 0.0179. The van der Waals surface area contributed by atoms with Gasteiger partial charge in [0.1, 0.15) is 5.82 Å². The molecule has 0 unspecified atom stereocenters. The highest BCUT2D eigenvalue weighted by Gasteiger charge is 2.51. The van der Waals surface area contributed by atoms with E-state index in [1.165, 1.54) is 55.6 Å². The molecule has 2 aliphatic rings. The van der Waals surface area contributed by atoms with Gasteiger partial charge in [-0.2, -0.15) is 0 Å². The average Bonchev–Trinajstić information content (AvgIpc) is 3.95. The predicted octanol–water partition coefficient (Wildman–Crippen LogP) is 14.2. The summed E-state index contributed by atoms with van der Waals surface area (Å²) in [4.78, 5) is 7.44. The van der Waals surface area contributed by atoms with Gasteiger partial charge in [0, 0.05) is 28.3 Å². The molecule has 12 rings (SSSR count). The van der Waals surface area contributed by atoms with Crippen molar-refractivity contribution in [3.8, 4) is 50.5 Å². The number of hydrogen-bond donors (Lipinski definition) is 0. The second-order valence-electron chi connectivity index (χ2n) is 15.5. The minimum atomic E-state index is -0.365. The van der Waals surface area contributed by atoms with Crippen LogP contribution in [-0.4, -0.2) is 9.55 Å². The van der Waals surface area contributed by atoms with Gasteiger partial charge >= 0.3 is 0 Å². The first-order valence-electron chi connectivity index (χ1n) is 20.3. The summed E-state index contributed by atoms with van der Waals surface area (Å²) < 4.78 is 2.25. The van der Waals surface area contributed by atoms with Gasteiger partial charge in [-0.1, -0.05) is 146 Å². The van der Waals surface area contributed by atoms with E-state index < -0.39 is 0 Å². The lowest BCUT2D eigenvalue weighted by atomic mass is 9.70. The zero-order valence-electron chi connectivity index (χ0n) is 32.2. The number of para-hydroxylation sites is 4. The topological polar surface area (TPSA) is 21.1 Å². The van der Waals surface area contributed by atoms with Crippen LogP contribution in [0.4, 0.5) is 17.1 Å². The number of rotatable bonds is 6. The fourth-order valence-electron chi connectivity index (χ4n) is 9.92. The van der Waals surface area contributed by atoms with Crippen LogP contribution in [0.1, 0.15) is 22.3 Å². The largest absolute Gasteiger partial charge is 0.311 e. The van der Waals surface area contributed by atoms with Crippen molar-refractivity contribution in [2.45, 2.75) is 5.41 Å². The summed E-state index contributed by atoms with van der Waals surface area (Å²) in [5.74, 6) is 0.920. The maximum Gasteiger partial charge on any atom is 0.145 e. The first-order valence-corrected chi connectivity index (χ1v) is 20.3. The zero-order chi connectivity index (χ0) is 38.9. The molecule has 0 atom stereocenters. The normalized spacial score (nSPS) is 12.9. The predicted molar refractivity (Wildman–Crippen MR) is 243 cm³/mol. The molecule has 0 saturated carbocycles. The van der Waals surface area contributed by atoms with Crippen LogP contribution in [0.5, 0.6) is 0 Å². The molecule has 0 radical (unpaired) electrons. The van der Waals surface area contributed by atoms with Crippen LogP contribution in [0.25, 0.3) is 61.5 Å². The number of aromatic nitrogens is 2. The molecule has 0 fully saturated rings. The average molecular weight is 752 g/mol. The van der Waals surface area contributed by atoms with E-state index >= 15 is 0 Å². The van der Waals surface area contributed by atoms with Crippen molar-refractivity contribution in [2.75, 3.05) is 4.90 Å². The zero-order valence-corrected chi connectivity index (χ0v) is 32.2. The maximum atomic E-state index is 5.12. The van der Waals surface area contributed by atoms with Crippen LogP contribution < -0.4 is 4.90 Å². The highest BCUT2D eigenvalue weighted by molar-refractivity contribution is 5.96. The van der Waals surface area contributed by atoms with Crippen LogP contribution in [0.15, 0.2) is 224 Å². The van der Waals surface area contributed by atoms with Gasteiger partial charge in [-0.15, -0.1) is 0 Å². The molecule has 0 N–H and O–H groups in total. The van der Waals surface area contributed by atoms with E-state index in [9.17, 15) is 0 Å². The van der Waals surface area contributed by atoms with E-state index in [1.54, 1.807) is 0 Å². The first-order chi connectivity index (χ1) is 29.3. The molecular weight excluding hydrogens is 715 g/mol. The standard InChI is InChI=1S/C56H37N3/c1-3-15-41(16-4-1)58(44-34-29-39(30-35-44)55-57-53-25-13-14-26-54(53)59(55)42-17-5-2-6-18-42)43-32-27-38(28-33-43)40-31-36-48-47-21-9-12-24-51(47)56(52(48)37-40)49-22-10-7-19-45(49)46-20-8-11-23-50(46)56/h1-37H. The minimum absolute atomic E-state index is 0.365. The van der Waals surface area contributed by atoms with Crippen LogP contribution >= 0.6 is 0 Å². The summed E-state index contributed by atoms with van der Waals surface area (Å²) in [5, 5.41) is 0. The second kappa shape index (κ2) is 13.2. The quantitative estimate of drug-likeness (QED) is 0.169. The highest BCUT2D eigenvalue weighted by atomic mass is 15.1. The van der Waals surface area contributed by atoms with E-state index in [4.69, 9.17) is 4.98 Å². The molecule has 1 spiro atoms. The van der Waals surface area contributed by atoms with Gasteiger partial charge in [0.2, 0.25) is 0 Å². The van der Waals surface area contributed by atoms with Crippen molar-refractivity contribution in [3.63, 3.8) is 0 Å². The third kappa shape index (κ3) is 4.98. The molecule has 10 aromatic rings. The Bertz CT molecular complexity index is 3130. The number of hydrogen-bond acceptors (Lipinski definition) is 2. The lowest BCUT2D eigenvalue weighted by Crippen LogP contribution is -2.25. The third-order valence-corrected chi connectivity index (χ3v) is 12.4. The molecule has 1 aromatic heterocycles. The number of benzene rings is 9. The van der Waals surface area contributed by atoms with E-state index in [0.29, 0.717) is 0 Å². The van der Waals surface area contributed by atoms with E-state index in [0.717, 1.165) is 45.2 Å². The van der Waals surface area contributed by atoms with Crippen LogP contribution in [0, 0.1) is 0 Å². The number of anilines is 3. The molecule has 3 nitrogen and oxygen atoms in total. The Morgan fingerprint density at radius 1 is 0.356 bits per heavy atom. The van der Waals surface area contributed by atoms with E-state index in [2.05, 4.69) is 228 Å². The Morgan fingerprint density at radius 3 is 1.42 bits per heavy atom. The SMILES string of the molecule is c1ccc(N(c2ccc(-c3ccc4c(c3)C3(c5ccccc5-c5ccccc53)c3ccccc3-4)cc2)c2ccc(-c3nc4ccccc4n3-c3ccccc3)cc2)cc1. The van der Waals surface area contributed by atoms with Gasteiger partial charge in [-0.05, 0) is 134 Å². The molecule has 59 heavy (non-hydrogen) atoms. The van der Waals surface area contributed by atoms with Crippen molar-refractivity contribution in [1.29, 1.82) is 0 Å². The van der Waals surface area contributed by atoms with E-state index in [-0.39, 0.29) is 5.41 Å².